The SMILES string of the molecule is CNS(=O)(=O)c1cc(C(=O)NCC(c2ccc(OC)c(OC)c2)N2CCOCC2)cc(C)c1C. The first-order valence-electron chi connectivity index (χ1n) is 11.1. The van der Waals surface area contributed by atoms with Crippen molar-refractivity contribution in [3.63, 3.8) is 0 Å². The van der Waals surface area contributed by atoms with Crippen LogP contribution >= 0.6 is 0 Å². The number of ether oxygens (including phenoxy) is 3. The van der Waals surface area contributed by atoms with Gasteiger partial charge in [0.1, 0.15) is 0 Å². The Morgan fingerprint density at radius 2 is 1.76 bits per heavy atom. The lowest BCUT2D eigenvalue weighted by atomic mass is 10.0. The second kappa shape index (κ2) is 11.2. The van der Waals surface area contributed by atoms with Crippen molar-refractivity contribution in [1.82, 2.24) is 14.9 Å². The number of rotatable bonds is 9. The number of carbonyl (C=O) groups excluding carboxylic acids is 1. The average molecular weight is 492 g/mol. The molecule has 186 valence electrons. The van der Waals surface area contributed by atoms with Gasteiger partial charge in [0.2, 0.25) is 10.0 Å². The summed E-state index contributed by atoms with van der Waals surface area (Å²) >= 11 is 0. The third-order valence-electron chi connectivity index (χ3n) is 6.17. The summed E-state index contributed by atoms with van der Waals surface area (Å²) < 4.78 is 43.5. The minimum Gasteiger partial charge on any atom is -0.493 e. The predicted molar refractivity (Wildman–Crippen MR) is 129 cm³/mol. The number of hydrogen-bond acceptors (Lipinski definition) is 7. The third-order valence-corrected chi connectivity index (χ3v) is 7.72. The maximum Gasteiger partial charge on any atom is 0.251 e. The molecule has 0 bridgehead atoms. The Hall–Kier alpha value is -2.66. The Kier molecular flexibility index (Phi) is 8.53. The highest BCUT2D eigenvalue weighted by Gasteiger charge is 2.25. The van der Waals surface area contributed by atoms with E-state index in [9.17, 15) is 13.2 Å². The molecule has 34 heavy (non-hydrogen) atoms. The van der Waals surface area contributed by atoms with Crippen molar-refractivity contribution in [2.75, 3.05) is 54.1 Å². The first-order chi connectivity index (χ1) is 16.2. The van der Waals surface area contributed by atoms with Crippen molar-refractivity contribution in [1.29, 1.82) is 0 Å². The lowest BCUT2D eigenvalue weighted by Gasteiger charge is -2.35. The summed E-state index contributed by atoms with van der Waals surface area (Å²) in [4.78, 5) is 15.5. The molecule has 0 spiro atoms. The lowest BCUT2D eigenvalue weighted by Crippen LogP contribution is -2.43. The molecule has 10 heteroatoms. The molecule has 1 saturated heterocycles. The van der Waals surface area contributed by atoms with Crippen LogP contribution in [0, 0.1) is 13.8 Å². The number of hydrogen-bond donors (Lipinski definition) is 2. The van der Waals surface area contributed by atoms with E-state index in [1.54, 1.807) is 34.1 Å². The molecule has 2 aromatic carbocycles. The Morgan fingerprint density at radius 3 is 2.38 bits per heavy atom. The minimum absolute atomic E-state index is 0.102. The molecule has 1 aliphatic heterocycles. The summed E-state index contributed by atoms with van der Waals surface area (Å²) in [6, 6.07) is 8.73. The molecule has 1 amide bonds. The first-order valence-corrected chi connectivity index (χ1v) is 12.6. The van der Waals surface area contributed by atoms with Gasteiger partial charge in [-0.2, -0.15) is 0 Å². The molecule has 1 unspecified atom stereocenters. The van der Waals surface area contributed by atoms with E-state index in [1.165, 1.54) is 13.1 Å². The molecule has 1 fully saturated rings. The summed E-state index contributed by atoms with van der Waals surface area (Å²) in [5.41, 5.74) is 2.61. The zero-order valence-corrected chi connectivity index (χ0v) is 21.1. The highest BCUT2D eigenvalue weighted by atomic mass is 32.2. The van der Waals surface area contributed by atoms with Crippen LogP contribution in [-0.2, 0) is 14.8 Å². The summed E-state index contributed by atoms with van der Waals surface area (Å²) in [5.74, 6) is 0.902. The van der Waals surface area contributed by atoms with Crippen molar-refractivity contribution in [3.05, 3.63) is 52.6 Å². The highest BCUT2D eigenvalue weighted by molar-refractivity contribution is 7.89. The second-order valence-electron chi connectivity index (χ2n) is 8.11. The Balaban J connectivity index is 1.88. The zero-order chi connectivity index (χ0) is 24.9. The molecule has 1 atom stereocenters. The van der Waals surface area contributed by atoms with Gasteiger partial charge in [-0.15, -0.1) is 0 Å². The Bertz CT molecular complexity index is 1130. The van der Waals surface area contributed by atoms with Gasteiger partial charge in [0.05, 0.1) is 38.4 Å². The number of carbonyl (C=O) groups is 1. The number of nitrogens with one attached hydrogen (secondary N) is 2. The van der Waals surface area contributed by atoms with Gasteiger partial charge in [-0.05, 0) is 61.9 Å². The smallest absolute Gasteiger partial charge is 0.251 e. The van der Waals surface area contributed by atoms with Gasteiger partial charge in [-0.3, -0.25) is 9.69 Å². The Labute approximate surface area is 201 Å². The molecule has 0 saturated carbocycles. The molecule has 0 radical (unpaired) electrons. The fraction of sp³-hybridized carbons (Fsp3) is 0.458. The molecule has 2 N–H and O–H groups in total. The number of methoxy groups -OCH3 is 2. The van der Waals surface area contributed by atoms with Crippen LogP contribution in [0.25, 0.3) is 0 Å². The standard InChI is InChI=1S/C24H33N3O6S/c1-16-12-19(14-23(17(16)2)34(29,30)25-3)24(28)26-15-20(27-8-10-33-11-9-27)18-6-7-21(31-4)22(13-18)32-5/h6-7,12-14,20,25H,8-11,15H2,1-5H3,(H,26,28). The number of benzene rings is 2. The third kappa shape index (κ3) is 5.69. The summed E-state index contributed by atoms with van der Waals surface area (Å²) in [6.07, 6.45) is 0. The van der Waals surface area contributed by atoms with Crippen molar-refractivity contribution in [2.45, 2.75) is 24.8 Å². The molecule has 1 aliphatic rings. The zero-order valence-electron chi connectivity index (χ0n) is 20.3. The van der Waals surface area contributed by atoms with Gasteiger partial charge in [-0.25, -0.2) is 13.1 Å². The van der Waals surface area contributed by atoms with Crippen molar-refractivity contribution in [3.8, 4) is 11.5 Å². The fourth-order valence-corrected chi connectivity index (χ4v) is 5.11. The summed E-state index contributed by atoms with van der Waals surface area (Å²) in [6.45, 7) is 6.52. The van der Waals surface area contributed by atoms with Crippen LogP contribution in [0.2, 0.25) is 0 Å². The van der Waals surface area contributed by atoms with Crippen molar-refractivity contribution in [2.24, 2.45) is 0 Å². The lowest BCUT2D eigenvalue weighted by molar-refractivity contribution is 0.0162. The largest absolute Gasteiger partial charge is 0.493 e. The molecule has 0 aliphatic carbocycles. The summed E-state index contributed by atoms with van der Waals surface area (Å²) in [5, 5.41) is 3.00. The van der Waals surface area contributed by atoms with E-state index in [-0.39, 0.29) is 16.8 Å². The number of nitrogens with zero attached hydrogens (tertiary/aromatic N) is 1. The Morgan fingerprint density at radius 1 is 1.09 bits per heavy atom. The van der Waals surface area contributed by atoms with E-state index in [0.29, 0.717) is 42.4 Å². The van der Waals surface area contributed by atoms with Gasteiger partial charge in [0.15, 0.2) is 11.5 Å². The van der Waals surface area contributed by atoms with E-state index >= 15 is 0 Å². The van der Waals surface area contributed by atoms with Crippen molar-refractivity contribution < 1.29 is 27.4 Å². The molecule has 9 nitrogen and oxygen atoms in total. The van der Waals surface area contributed by atoms with E-state index < -0.39 is 10.0 Å². The van der Waals surface area contributed by atoms with E-state index in [1.807, 2.05) is 18.2 Å². The van der Waals surface area contributed by atoms with E-state index in [4.69, 9.17) is 14.2 Å². The van der Waals surface area contributed by atoms with Gasteiger partial charge < -0.3 is 19.5 Å². The van der Waals surface area contributed by atoms with Gasteiger partial charge in [-0.1, -0.05) is 6.07 Å². The quantitative estimate of drug-likeness (QED) is 0.553. The first kappa shape index (κ1) is 26.0. The summed E-state index contributed by atoms with van der Waals surface area (Å²) in [7, 11) is 0.837. The number of sulfonamides is 1. The number of amides is 1. The molecular formula is C24H33N3O6S. The molecule has 1 heterocycles. The van der Waals surface area contributed by atoms with Crippen LogP contribution in [0.1, 0.15) is 33.1 Å². The van der Waals surface area contributed by atoms with Gasteiger partial charge >= 0.3 is 0 Å². The van der Waals surface area contributed by atoms with Crippen LogP contribution in [0.4, 0.5) is 0 Å². The van der Waals surface area contributed by atoms with Crippen LogP contribution in [0.3, 0.4) is 0 Å². The number of aryl methyl sites for hydroxylation is 1. The second-order valence-corrected chi connectivity index (χ2v) is 9.97. The molecule has 0 aromatic heterocycles. The van der Waals surface area contributed by atoms with Gasteiger partial charge in [0.25, 0.3) is 5.91 Å². The molecular weight excluding hydrogens is 458 g/mol. The van der Waals surface area contributed by atoms with E-state index in [2.05, 4.69) is 14.9 Å². The maximum absolute atomic E-state index is 13.1. The highest BCUT2D eigenvalue weighted by Crippen LogP contribution is 2.32. The number of morpholine rings is 1. The monoisotopic (exact) mass is 491 g/mol. The van der Waals surface area contributed by atoms with Crippen LogP contribution in [0.15, 0.2) is 35.2 Å². The topological polar surface area (TPSA) is 106 Å². The fourth-order valence-electron chi connectivity index (χ4n) is 4.05. The predicted octanol–water partition coefficient (Wildman–Crippen LogP) is 2.03. The minimum atomic E-state index is -3.69. The van der Waals surface area contributed by atoms with Crippen LogP contribution in [0.5, 0.6) is 11.5 Å². The van der Waals surface area contributed by atoms with E-state index in [0.717, 1.165) is 24.2 Å². The normalized spacial score (nSPS) is 15.6. The van der Waals surface area contributed by atoms with Crippen molar-refractivity contribution >= 4 is 15.9 Å². The van der Waals surface area contributed by atoms with Gasteiger partial charge in [0, 0.05) is 25.2 Å². The molecule has 2 aromatic rings. The maximum atomic E-state index is 13.1. The van der Waals surface area contributed by atoms with Crippen LogP contribution < -0.4 is 19.5 Å². The van der Waals surface area contributed by atoms with Crippen LogP contribution in [-0.4, -0.2) is 73.3 Å². The molecule has 3 rings (SSSR count). The average Bonchev–Trinajstić information content (AvgIpc) is 2.85.